The van der Waals surface area contributed by atoms with Crippen molar-refractivity contribution in [3.63, 3.8) is 0 Å². The third-order valence-corrected chi connectivity index (χ3v) is 4.94. The van der Waals surface area contributed by atoms with E-state index >= 15 is 0 Å². The predicted molar refractivity (Wildman–Crippen MR) is 102 cm³/mol. The number of aromatic nitrogens is 3. The number of carbonyl (C=O) groups is 1. The van der Waals surface area contributed by atoms with Gasteiger partial charge in [0.25, 0.3) is 5.91 Å². The number of nitrogens with zero attached hydrogens (tertiary/aromatic N) is 4. The Morgan fingerprint density at radius 1 is 1.25 bits per heavy atom. The van der Waals surface area contributed by atoms with Gasteiger partial charge in [-0.05, 0) is 37.0 Å². The first-order chi connectivity index (χ1) is 13.7. The second-order valence-electron chi connectivity index (χ2n) is 6.83. The summed E-state index contributed by atoms with van der Waals surface area (Å²) in [6, 6.07) is 7.70. The van der Waals surface area contributed by atoms with Gasteiger partial charge in [0, 0.05) is 25.4 Å². The molecule has 1 aliphatic heterocycles. The lowest BCUT2D eigenvalue weighted by molar-refractivity contribution is 0.0569. The number of amides is 1. The van der Waals surface area contributed by atoms with Crippen molar-refractivity contribution in [2.75, 3.05) is 13.7 Å². The van der Waals surface area contributed by atoms with Crippen LogP contribution in [0.25, 0.3) is 0 Å². The van der Waals surface area contributed by atoms with Crippen molar-refractivity contribution in [3.8, 4) is 5.75 Å². The van der Waals surface area contributed by atoms with Gasteiger partial charge in [0.1, 0.15) is 23.9 Å². The number of hydrogen-bond acceptors (Lipinski definition) is 6. The number of benzene rings is 1. The molecule has 1 atom stereocenters. The molecule has 3 heterocycles. The molecule has 144 valence electrons. The lowest BCUT2D eigenvalue weighted by atomic mass is 10.0. The van der Waals surface area contributed by atoms with E-state index in [0.29, 0.717) is 24.4 Å². The number of methoxy groups -OCH3 is 1. The van der Waals surface area contributed by atoms with E-state index < -0.39 is 0 Å². The van der Waals surface area contributed by atoms with Crippen molar-refractivity contribution in [1.82, 2.24) is 19.9 Å². The minimum atomic E-state index is -0.166. The van der Waals surface area contributed by atoms with Crippen LogP contribution in [0.2, 0.25) is 0 Å². The summed E-state index contributed by atoms with van der Waals surface area (Å²) in [5, 5.41) is 0. The molecule has 1 fully saturated rings. The van der Waals surface area contributed by atoms with E-state index in [-0.39, 0.29) is 11.9 Å². The molecule has 1 saturated heterocycles. The Kier molecular flexibility index (Phi) is 5.32. The average Bonchev–Trinajstić information content (AvgIpc) is 3.22. The summed E-state index contributed by atoms with van der Waals surface area (Å²) in [5.41, 5.74) is 1.57. The van der Waals surface area contributed by atoms with Gasteiger partial charge in [0.2, 0.25) is 5.89 Å². The van der Waals surface area contributed by atoms with Gasteiger partial charge in [-0.25, -0.2) is 15.0 Å². The van der Waals surface area contributed by atoms with Gasteiger partial charge < -0.3 is 14.1 Å². The number of piperidine rings is 1. The number of oxazole rings is 1. The van der Waals surface area contributed by atoms with Gasteiger partial charge in [-0.2, -0.15) is 0 Å². The normalized spacial score (nSPS) is 16.8. The molecule has 2 aromatic heterocycles. The highest BCUT2D eigenvalue weighted by atomic mass is 16.5. The van der Waals surface area contributed by atoms with Crippen molar-refractivity contribution < 1.29 is 13.9 Å². The van der Waals surface area contributed by atoms with Crippen LogP contribution in [0, 0.1) is 0 Å². The fourth-order valence-corrected chi connectivity index (χ4v) is 3.55. The molecule has 28 heavy (non-hydrogen) atoms. The number of ether oxygens (including phenoxy) is 1. The first-order valence-electron chi connectivity index (χ1n) is 9.38. The van der Waals surface area contributed by atoms with Crippen LogP contribution in [0.5, 0.6) is 5.75 Å². The summed E-state index contributed by atoms with van der Waals surface area (Å²) < 4.78 is 11.3. The first-order valence-corrected chi connectivity index (χ1v) is 9.38. The predicted octanol–water partition coefficient (Wildman–Crippen LogP) is 3.43. The zero-order valence-electron chi connectivity index (χ0n) is 15.7. The Morgan fingerprint density at radius 2 is 2.11 bits per heavy atom. The largest absolute Gasteiger partial charge is 0.497 e. The zero-order chi connectivity index (χ0) is 19.3. The molecule has 0 saturated carbocycles. The summed E-state index contributed by atoms with van der Waals surface area (Å²) >= 11 is 0. The average molecular weight is 378 g/mol. The molecule has 0 bridgehead atoms. The van der Waals surface area contributed by atoms with Gasteiger partial charge in [-0.15, -0.1) is 0 Å². The number of rotatable bonds is 5. The van der Waals surface area contributed by atoms with E-state index in [1.54, 1.807) is 25.7 Å². The van der Waals surface area contributed by atoms with Crippen LogP contribution >= 0.6 is 0 Å². The molecule has 1 amide bonds. The maximum atomic E-state index is 12.9. The quantitative estimate of drug-likeness (QED) is 0.677. The lowest BCUT2D eigenvalue weighted by Gasteiger charge is -2.33. The number of carbonyl (C=O) groups excluding carboxylic acids is 1. The third-order valence-electron chi connectivity index (χ3n) is 4.94. The SMILES string of the molecule is COc1cccc(Cc2cnc(C3CCCCN3C(=O)c3cncnc3)o2)c1. The van der Waals surface area contributed by atoms with Crippen molar-refractivity contribution in [1.29, 1.82) is 0 Å². The standard InChI is InChI=1S/C21H22N4O3/c1-27-17-6-4-5-15(9-17)10-18-13-24-20(28-18)19-7-2-3-8-25(19)21(26)16-11-22-14-23-12-16/h4-6,9,11-14,19H,2-3,7-8,10H2,1H3. The highest BCUT2D eigenvalue weighted by molar-refractivity contribution is 5.93. The monoisotopic (exact) mass is 378 g/mol. The molecule has 7 nitrogen and oxygen atoms in total. The smallest absolute Gasteiger partial charge is 0.257 e. The van der Waals surface area contributed by atoms with Crippen LogP contribution in [0.3, 0.4) is 0 Å². The van der Waals surface area contributed by atoms with E-state index in [2.05, 4.69) is 15.0 Å². The van der Waals surface area contributed by atoms with E-state index in [1.165, 1.54) is 6.33 Å². The lowest BCUT2D eigenvalue weighted by Crippen LogP contribution is -2.38. The molecule has 4 rings (SSSR count). The van der Waals surface area contributed by atoms with Crippen LogP contribution < -0.4 is 4.74 Å². The Balaban J connectivity index is 1.53. The maximum absolute atomic E-state index is 12.9. The molecule has 1 aliphatic rings. The van der Waals surface area contributed by atoms with Crippen LogP contribution in [0.1, 0.15) is 52.9 Å². The summed E-state index contributed by atoms with van der Waals surface area (Å²) in [5.74, 6) is 2.08. The van der Waals surface area contributed by atoms with Crippen LogP contribution in [-0.2, 0) is 6.42 Å². The summed E-state index contributed by atoms with van der Waals surface area (Å²) in [6.45, 7) is 0.673. The van der Waals surface area contributed by atoms with E-state index in [1.807, 2.05) is 29.2 Å². The van der Waals surface area contributed by atoms with E-state index in [0.717, 1.165) is 36.3 Å². The van der Waals surface area contributed by atoms with Gasteiger partial charge in [0.05, 0.1) is 18.9 Å². The molecule has 1 aromatic carbocycles. The molecule has 0 radical (unpaired) electrons. The minimum absolute atomic E-state index is 0.0853. The Morgan fingerprint density at radius 3 is 2.93 bits per heavy atom. The molecule has 3 aromatic rings. The van der Waals surface area contributed by atoms with Crippen LogP contribution in [0.4, 0.5) is 0 Å². The molecular weight excluding hydrogens is 356 g/mol. The molecule has 1 unspecified atom stereocenters. The minimum Gasteiger partial charge on any atom is -0.497 e. The van der Waals surface area contributed by atoms with Crippen molar-refractivity contribution >= 4 is 5.91 Å². The maximum Gasteiger partial charge on any atom is 0.257 e. The van der Waals surface area contributed by atoms with Crippen molar-refractivity contribution in [3.05, 3.63) is 72.0 Å². The molecule has 7 heteroatoms. The van der Waals surface area contributed by atoms with E-state index in [9.17, 15) is 4.79 Å². The Hall–Kier alpha value is -3.22. The molecular formula is C21H22N4O3. The summed E-state index contributed by atoms with van der Waals surface area (Å²) in [6.07, 6.45) is 9.72. The first kappa shape index (κ1) is 18.2. The second kappa shape index (κ2) is 8.21. The Labute approximate surface area is 163 Å². The highest BCUT2D eigenvalue weighted by Crippen LogP contribution is 2.32. The van der Waals surface area contributed by atoms with Crippen molar-refractivity contribution in [2.45, 2.75) is 31.7 Å². The van der Waals surface area contributed by atoms with Gasteiger partial charge in [-0.1, -0.05) is 12.1 Å². The number of likely N-dealkylation sites (tertiary alicyclic amines) is 1. The van der Waals surface area contributed by atoms with Gasteiger partial charge in [-0.3, -0.25) is 4.79 Å². The zero-order valence-corrected chi connectivity index (χ0v) is 15.7. The topological polar surface area (TPSA) is 81.4 Å². The fraction of sp³-hybridized carbons (Fsp3) is 0.333. The van der Waals surface area contributed by atoms with Crippen LogP contribution in [-0.4, -0.2) is 39.4 Å². The van der Waals surface area contributed by atoms with E-state index in [4.69, 9.17) is 9.15 Å². The summed E-state index contributed by atoms with van der Waals surface area (Å²) in [7, 11) is 1.65. The van der Waals surface area contributed by atoms with Crippen LogP contribution in [0.15, 0.2) is 53.6 Å². The fourth-order valence-electron chi connectivity index (χ4n) is 3.55. The summed E-state index contributed by atoms with van der Waals surface area (Å²) in [4.78, 5) is 27.1. The molecule has 0 spiro atoms. The number of hydrogen-bond donors (Lipinski definition) is 0. The van der Waals surface area contributed by atoms with Gasteiger partial charge >= 0.3 is 0 Å². The Bertz CT molecular complexity index is 942. The van der Waals surface area contributed by atoms with Gasteiger partial charge in [0.15, 0.2) is 0 Å². The molecule has 0 N–H and O–H groups in total. The highest BCUT2D eigenvalue weighted by Gasteiger charge is 2.32. The molecule has 0 aliphatic carbocycles. The van der Waals surface area contributed by atoms with Crippen molar-refractivity contribution in [2.24, 2.45) is 0 Å². The third kappa shape index (κ3) is 3.88. The second-order valence-corrected chi connectivity index (χ2v) is 6.83.